The van der Waals surface area contributed by atoms with Crippen molar-refractivity contribution in [1.29, 1.82) is 0 Å². The van der Waals surface area contributed by atoms with E-state index in [0.717, 1.165) is 34.5 Å². The molecular weight excluding hydrogens is 330 g/mol. The molecule has 1 aliphatic carbocycles. The fourth-order valence-corrected chi connectivity index (χ4v) is 3.61. The molecular formula is C16H20BrN3O. The van der Waals surface area contributed by atoms with Crippen molar-refractivity contribution in [2.24, 2.45) is 0 Å². The Morgan fingerprint density at radius 1 is 1.38 bits per heavy atom. The second-order valence-corrected chi connectivity index (χ2v) is 6.53. The Morgan fingerprint density at radius 3 is 3.00 bits per heavy atom. The van der Waals surface area contributed by atoms with Crippen LogP contribution in [0.1, 0.15) is 43.6 Å². The van der Waals surface area contributed by atoms with Gasteiger partial charge in [-0.15, -0.1) is 0 Å². The monoisotopic (exact) mass is 349 g/mol. The fourth-order valence-electron chi connectivity index (χ4n) is 3.14. The molecule has 2 atom stereocenters. The number of hydrogen-bond donors (Lipinski definition) is 1. The number of nitrogens with zero attached hydrogens (tertiary/aromatic N) is 2. The van der Waals surface area contributed by atoms with E-state index in [1.807, 2.05) is 12.1 Å². The average Bonchev–Trinajstić information content (AvgIpc) is 3.07. The van der Waals surface area contributed by atoms with Crippen LogP contribution in [0.5, 0.6) is 0 Å². The van der Waals surface area contributed by atoms with E-state index in [1.165, 1.54) is 12.8 Å². The molecule has 3 rings (SSSR count). The van der Waals surface area contributed by atoms with Crippen LogP contribution in [-0.2, 0) is 0 Å². The largest absolute Gasteiger partial charge is 0.339 e. The summed E-state index contributed by atoms with van der Waals surface area (Å²) in [6.45, 7) is 5.18. The van der Waals surface area contributed by atoms with E-state index in [0.29, 0.717) is 17.8 Å². The topological polar surface area (TPSA) is 51.0 Å². The van der Waals surface area contributed by atoms with Gasteiger partial charge < -0.3 is 9.84 Å². The van der Waals surface area contributed by atoms with Gasteiger partial charge >= 0.3 is 0 Å². The third kappa shape index (κ3) is 3.04. The molecule has 1 heterocycles. The van der Waals surface area contributed by atoms with Gasteiger partial charge in [0.1, 0.15) is 0 Å². The van der Waals surface area contributed by atoms with E-state index in [4.69, 9.17) is 4.52 Å². The standard InChI is InChI=1S/C16H20BrN3O/c1-3-18-14-6-4-5-13(14)16-19-15(20-21-16)12-8-7-11(17)9-10(12)2/h7-9,13-14,18H,3-6H2,1-2H3. The molecule has 0 radical (unpaired) electrons. The molecule has 112 valence electrons. The van der Waals surface area contributed by atoms with Crippen molar-refractivity contribution in [3.63, 3.8) is 0 Å². The minimum absolute atomic E-state index is 0.349. The first-order chi connectivity index (χ1) is 10.2. The third-order valence-electron chi connectivity index (χ3n) is 4.17. The summed E-state index contributed by atoms with van der Waals surface area (Å²) in [7, 11) is 0. The summed E-state index contributed by atoms with van der Waals surface area (Å²) in [5.74, 6) is 1.81. The van der Waals surface area contributed by atoms with Crippen LogP contribution in [0.15, 0.2) is 27.2 Å². The van der Waals surface area contributed by atoms with Crippen molar-refractivity contribution in [1.82, 2.24) is 15.5 Å². The Kier molecular flexibility index (Phi) is 4.40. The molecule has 5 heteroatoms. The van der Waals surface area contributed by atoms with Crippen LogP contribution in [-0.4, -0.2) is 22.7 Å². The number of halogens is 1. The van der Waals surface area contributed by atoms with Crippen LogP contribution in [0, 0.1) is 6.92 Å². The molecule has 1 aromatic heterocycles. The minimum Gasteiger partial charge on any atom is -0.339 e. The van der Waals surface area contributed by atoms with Crippen molar-refractivity contribution in [2.75, 3.05) is 6.54 Å². The van der Waals surface area contributed by atoms with Crippen molar-refractivity contribution in [3.05, 3.63) is 34.1 Å². The number of hydrogen-bond acceptors (Lipinski definition) is 4. The maximum Gasteiger partial charge on any atom is 0.231 e. The zero-order valence-electron chi connectivity index (χ0n) is 12.4. The molecule has 0 bridgehead atoms. The SMILES string of the molecule is CCNC1CCCC1c1nc(-c2ccc(Br)cc2C)no1. The lowest BCUT2D eigenvalue weighted by molar-refractivity contribution is 0.332. The molecule has 0 spiro atoms. The van der Waals surface area contributed by atoms with Gasteiger partial charge in [-0.25, -0.2) is 0 Å². The van der Waals surface area contributed by atoms with Crippen molar-refractivity contribution < 1.29 is 4.52 Å². The lowest BCUT2D eigenvalue weighted by Crippen LogP contribution is -2.31. The number of rotatable bonds is 4. The quantitative estimate of drug-likeness (QED) is 0.904. The van der Waals surface area contributed by atoms with Crippen LogP contribution in [0.25, 0.3) is 11.4 Å². The van der Waals surface area contributed by atoms with E-state index in [-0.39, 0.29) is 0 Å². The molecule has 21 heavy (non-hydrogen) atoms. The molecule has 1 saturated carbocycles. The molecule has 1 fully saturated rings. The highest BCUT2D eigenvalue weighted by Crippen LogP contribution is 2.35. The lowest BCUT2D eigenvalue weighted by atomic mass is 10.0. The number of nitrogens with one attached hydrogen (secondary N) is 1. The smallest absolute Gasteiger partial charge is 0.231 e. The van der Waals surface area contributed by atoms with Gasteiger partial charge in [-0.05, 0) is 50.1 Å². The normalized spacial score (nSPS) is 21.9. The Balaban J connectivity index is 1.86. The maximum atomic E-state index is 5.55. The summed E-state index contributed by atoms with van der Waals surface area (Å²) >= 11 is 3.48. The third-order valence-corrected chi connectivity index (χ3v) is 4.66. The zero-order chi connectivity index (χ0) is 14.8. The first-order valence-electron chi connectivity index (χ1n) is 7.52. The van der Waals surface area contributed by atoms with E-state index in [1.54, 1.807) is 0 Å². The van der Waals surface area contributed by atoms with Gasteiger partial charge in [0.05, 0.1) is 5.92 Å². The van der Waals surface area contributed by atoms with E-state index in [2.05, 4.69) is 51.3 Å². The summed E-state index contributed by atoms with van der Waals surface area (Å²) in [5, 5.41) is 7.71. The first kappa shape index (κ1) is 14.7. The summed E-state index contributed by atoms with van der Waals surface area (Å²) in [5.41, 5.74) is 2.18. The van der Waals surface area contributed by atoms with Crippen LogP contribution in [0.2, 0.25) is 0 Å². The van der Waals surface area contributed by atoms with Crippen molar-refractivity contribution in [3.8, 4) is 11.4 Å². The first-order valence-corrected chi connectivity index (χ1v) is 8.32. The van der Waals surface area contributed by atoms with Crippen molar-refractivity contribution >= 4 is 15.9 Å². The molecule has 1 aliphatic rings. The zero-order valence-corrected chi connectivity index (χ0v) is 14.0. The Hall–Kier alpha value is -1.20. The summed E-state index contributed by atoms with van der Waals surface area (Å²) in [6, 6.07) is 6.58. The van der Waals surface area contributed by atoms with Gasteiger partial charge in [-0.1, -0.05) is 34.4 Å². The number of benzene rings is 1. The number of aryl methyl sites for hydroxylation is 1. The van der Waals surface area contributed by atoms with E-state index >= 15 is 0 Å². The molecule has 0 saturated heterocycles. The molecule has 1 aromatic carbocycles. The van der Waals surface area contributed by atoms with Gasteiger partial charge in [0.2, 0.25) is 11.7 Å². The molecule has 4 nitrogen and oxygen atoms in total. The summed E-state index contributed by atoms with van der Waals surface area (Å²) < 4.78 is 6.62. The van der Waals surface area contributed by atoms with Gasteiger partial charge in [0.25, 0.3) is 0 Å². The van der Waals surface area contributed by atoms with Gasteiger partial charge in [-0.3, -0.25) is 0 Å². The van der Waals surface area contributed by atoms with Crippen molar-refractivity contribution in [2.45, 2.75) is 45.1 Å². The molecule has 0 amide bonds. The second kappa shape index (κ2) is 6.28. The number of aromatic nitrogens is 2. The van der Waals surface area contributed by atoms with Gasteiger partial charge in [0, 0.05) is 16.1 Å². The lowest BCUT2D eigenvalue weighted by Gasteiger charge is -2.16. The predicted molar refractivity (Wildman–Crippen MR) is 86.2 cm³/mol. The molecule has 0 aliphatic heterocycles. The molecule has 2 unspecified atom stereocenters. The van der Waals surface area contributed by atoms with Crippen LogP contribution < -0.4 is 5.32 Å². The summed E-state index contributed by atoms with van der Waals surface area (Å²) in [6.07, 6.45) is 3.53. The Labute approximate surface area is 133 Å². The Bertz CT molecular complexity index is 626. The van der Waals surface area contributed by atoms with Gasteiger partial charge in [-0.2, -0.15) is 4.98 Å². The average molecular weight is 350 g/mol. The van der Waals surface area contributed by atoms with Crippen LogP contribution in [0.3, 0.4) is 0 Å². The predicted octanol–water partition coefficient (Wildman–Crippen LogP) is 4.05. The highest BCUT2D eigenvalue weighted by Gasteiger charge is 2.32. The fraction of sp³-hybridized carbons (Fsp3) is 0.500. The van der Waals surface area contributed by atoms with Crippen LogP contribution >= 0.6 is 15.9 Å². The van der Waals surface area contributed by atoms with Crippen LogP contribution in [0.4, 0.5) is 0 Å². The number of likely N-dealkylation sites (N-methyl/N-ethyl adjacent to an activating group) is 1. The van der Waals surface area contributed by atoms with E-state index < -0.39 is 0 Å². The van der Waals surface area contributed by atoms with E-state index in [9.17, 15) is 0 Å². The minimum atomic E-state index is 0.349. The maximum absolute atomic E-state index is 5.55. The molecule has 1 N–H and O–H groups in total. The second-order valence-electron chi connectivity index (χ2n) is 5.62. The molecule has 2 aromatic rings. The highest BCUT2D eigenvalue weighted by atomic mass is 79.9. The highest BCUT2D eigenvalue weighted by molar-refractivity contribution is 9.10. The van der Waals surface area contributed by atoms with Gasteiger partial charge in [0.15, 0.2) is 0 Å². The Morgan fingerprint density at radius 2 is 2.24 bits per heavy atom. The summed E-state index contributed by atoms with van der Waals surface area (Å²) in [4.78, 5) is 4.65.